The number of benzene rings is 2. The van der Waals surface area contributed by atoms with Crippen molar-refractivity contribution in [3.05, 3.63) is 71.4 Å². The summed E-state index contributed by atoms with van der Waals surface area (Å²) in [5.74, 6) is -4.11. The third-order valence-electron chi connectivity index (χ3n) is 6.42. The van der Waals surface area contributed by atoms with Crippen molar-refractivity contribution in [2.24, 2.45) is 5.92 Å². The third-order valence-corrected chi connectivity index (χ3v) is 6.42. The van der Waals surface area contributed by atoms with E-state index in [2.05, 4.69) is 10.3 Å². The Hall–Kier alpha value is -4.92. The first-order valence-corrected chi connectivity index (χ1v) is 13.6. The Labute approximate surface area is 256 Å². The molecule has 242 valence electrons. The lowest BCUT2D eigenvalue weighted by Crippen LogP contribution is -2.45. The number of carbonyl (C=O) groups is 4. The number of nitrogens with one attached hydrogen (secondary N) is 2. The van der Waals surface area contributed by atoms with Crippen molar-refractivity contribution in [1.29, 1.82) is 0 Å². The standard InChI is InChI=1S/C28H32N4O6.C2HF3O2/c1-17-13-19(21-7-5-6-8-23(21)29-17)16-37-20-11-9-18(10-12-20)25(33)30-24-15-32(14-22(24)26(34)31-36)27(35)38-28(2,3)4;3-2(4,5)1(6)7/h5-13,22,24,36H,14-16H2,1-4H3,(H,30,33)(H,31,34);(H,6,7)/t22-,24+;/m0./s1. The number of nitrogens with zero attached hydrogens (tertiary/aromatic N) is 2. The molecule has 1 saturated heterocycles. The predicted octanol–water partition coefficient (Wildman–Crippen LogP) is 4.23. The number of halogens is 3. The topological polar surface area (TPSA) is 167 Å². The van der Waals surface area contributed by atoms with Crippen LogP contribution in [0.4, 0.5) is 18.0 Å². The van der Waals surface area contributed by atoms with Gasteiger partial charge in [0.05, 0.1) is 17.5 Å². The van der Waals surface area contributed by atoms with Gasteiger partial charge in [0.2, 0.25) is 5.91 Å². The van der Waals surface area contributed by atoms with Crippen LogP contribution in [0.2, 0.25) is 0 Å². The summed E-state index contributed by atoms with van der Waals surface area (Å²) in [6, 6.07) is 15.8. The lowest BCUT2D eigenvalue weighted by molar-refractivity contribution is -0.192. The van der Waals surface area contributed by atoms with Crippen molar-refractivity contribution in [2.45, 2.75) is 52.1 Å². The summed E-state index contributed by atoms with van der Waals surface area (Å²) in [6.07, 6.45) is -5.68. The van der Waals surface area contributed by atoms with Crippen LogP contribution >= 0.6 is 0 Å². The SMILES string of the molecule is Cc1cc(COc2ccc(C(=O)N[C@@H]3CN(C(=O)OC(C)(C)C)C[C@@H]3C(=O)NO)cc2)c2ccccc2n1.O=C(O)C(F)(F)F. The molecule has 1 aliphatic heterocycles. The molecular formula is C30H33F3N4O8. The zero-order valence-electron chi connectivity index (χ0n) is 24.8. The second kappa shape index (κ2) is 14.2. The second-order valence-electron chi connectivity index (χ2n) is 11.1. The number of hydrogen-bond acceptors (Lipinski definition) is 8. The van der Waals surface area contributed by atoms with Crippen molar-refractivity contribution in [3.63, 3.8) is 0 Å². The summed E-state index contributed by atoms with van der Waals surface area (Å²) in [4.78, 5) is 52.4. The van der Waals surface area contributed by atoms with Gasteiger partial charge in [-0.2, -0.15) is 13.2 Å². The molecule has 0 unspecified atom stereocenters. The molecular weight excluding hydrogens is 601 g/mol. The monoisotopic (exact) mass is 634 g/mol. The van der Waals surface area contributed by atoms with E-state index in [1.54, 1.807) is 50.5 Å². The molecule has 0 radical (unpaired) electrons. The van der Waals surface area contributed by atoms with Gasteiger partial charge in [-0.1, -0.05) is 18.2 Å². The molecule has 2 atom stereocenters. The summed E-state index contributed by atoms with van der Waals surface area (Å²) in [5, 5.41) is 20.1. The van der Waals surface area contributed by atoms with Crippen LogP contribution in [0, 0.1) is 12.8 Å². The van der Waals surface area contributed by atoms with Gasteiger partial charge in [-0.15, -0.1) is 0 Å². The Kier molecular flexibility index (Phi) is 10.9. The van der Waals surface area contributed by atoms with Crippen LogP contribution in [0.5, 0.6) is 5.75 Å². The smallest absolute Gasteiger partial charge is 0.489 e. The lowest BCUT2D eigenvalue weighted by atomic mass is 10.0. The highest BCUT2D eigenvalue weighted by Crippen LogP contribution is 2.23. The second-order valence-corrected chi connectivity index (χ2v) is 11.1. The third kappa shape index (κ3) is 9.79. The molecule has 1 aromatic heterocycles. The Morgan fingerprint density at radius 2 is 1.64 bits per heavy atom. The van der Waals surface area contributed by atoms with E-state index >= 15 is 0 Å². The summed E-state index contributed by atoms with van der Waals surface area (Å²) in [5.41, 5.74) is 4.09. The highest BCUT2D eigenvalue weighted by molar-refractivity contribution is 5.95. The zero-order chi connectivity index (χ0) is 33.5. The van der Waals surface area contributed by atoms with Crippen LogP contribution in [0.3, 0.4) is 0 Å². The number of alkyl halides is 3. The van der Waals surface area contributed by atoms with Gasteiger partial charge in [0.15, 0.2) is 0 Å². The normalized spacial score (nSPS) is 16.3. The van der Waals surface area contributed by atoms with Gasteiger partial charge >= 0.3 is 18.2 Å². The Morgan fingerprint density at radius 1 is 1.02 bits per heavy atom. The van der Waals surface area contributed by atoms with Crippen LogP contribution in [0.15, 0.2) is 54.6 Å². The number of hydrogen-bond donors (Lipinski definition) is 4. The first-order valence-electron chi connectivity index (χ1n) is 13.6. The van der Waals surface area contributed by atoms with E-state index in [1.165, 1.54) is 4.90 Å². The van der Waals surface area contributed by atoms with Crippen molar-refractivity contribution in [3.8, 4) is 5.75 Å². The number of pyridine rings is 1. The number of aliphatic carboxylic acids is 1. The molecule has 0 saturated carbocycles. The van der Waals surface area contributed by atoms with Crippen molar-refractivity contribution >= 4 is 34.8 Å². The molecule has 0 spiro atoms. The van der Waals surface area contributed by atoms with Crippen LogP contribution in [-0.2, 0) is 20.9 Å². The first kappa shape index (κ1) is 34.6. The molecule has 12 nitrogen and oxygen atoms in total. The summed E-state index contributed by atoms with van der Waals surface area (Å²) < 4.78 is 43.1. The molecule has 45 heavy (non-hydrogen) atoms. The van der Waals surface area contributed by atoms with Gasteiger partial charge in [-0.05, 0) is 64.1 Å². The van der Waals surface area contributed by atoms with Crippen LogP contribution < -0.4 is 15.5 Å². The fourth-order valence-corrected chi connectivity index (χ4v) is 4.40. The Balaban J connectivity index is 0.000000707. The minimum absolute atomic E-state index is 0.00218. The van der Waals surface area contributed by atoms with E-state index in [9.17, 15) is 27.6 Å². The van der Waals surface area contributed by atoms with Gasteiger partial charge in [0.25, 0.3) is 5.91 Å². The highest BCUT2D eigenvalue weighted by Gasteiger charge is 2.42. The molecule has 4 rings (SSSR count). The number of aromatic nitrogens is 1. The van der Waals surface area contributed by atoms with Gasteiger partial charge in [-0.25, -0.2) is 15.1 Å². The average molecular weight is 635 g/mol. The maximum atomic E-state index is 12.9. The molecule has 0 bridgehead atoms. The molecule has 3 aromatic rings. The van der Waals surface area contributed by atoms with E-state index < -0.39 is 47.6 Å². The molecule has 4 N–H and O–H groups in total. The number of aryl methyl sites for hydroxylation is 1. The van der Waals surface area contributed by atoms with E-state index in [4.69, 9.17) is 24.6 Å². The van der Waals surface area contributed by atoms with Crippen LogP contribution in [-0.4, -0.2) is 75.0 Å². The molecule has 2 heterocycles. The van der Waals surface area contributed by atoms with Crippen molar-refractivity contribution in [2.75, 3.05) is 13.1 Å². The molecule has 1 fully saturated rings. The number of carboxylic acid groups (broad SMARTS) is 1. The molecule has 1 aliphatic rings. The van der Waals surface area contributed by atoms with E-state index in [1.807, 2.05) is 37.3 Å². The molecule has 3 amide bonds. The molecule has 2 aromatic carbocycles. The Morgan fingerprint density at radius 3 is 2.22 bits per heavy atom. The summed E-state index contributed by atoms with van der Waals surface area (Å²) >= 11 is 0. The minimum Gasteiger partial charge on any atom is -0.489 e. The number of hydroxylamine groups is 1. The predicted molar refractivity (Wildman–Crippen MR) is 153 cm³/mol. The van der Waals surface area contributed by atoms with Crippen LogP contribution in [0.1, 0.15) is 42.4 Å². The number of rotatable bonds is 6. The van der Waals surface area contributed by atoms with Crippen LogP contribution in [0.25, 0.3) is 10.9 Å². The number of para-hydroxylation sites is 1. The maximum absolute atomic E-state index is 12.9. The van der Waals surface area contributed by atoms with E-state index in [0.29, 0.717) is 17.9 Å². The zero-order valence-corrected chi connectivity index (χ0v) is 24.8. The maximum Gasteiger partial charge on any atom is 0.490 e. The van der Waals surface area contributed by atoms with Gasteiger partial charge < -0.3 is 24.8 Å². The number of amides is 3. The van der Waals surface area contributed by atoms with Crippen molar-refractivity contribution < 1.29 is 52.1 Å². The highest BCUT2D eigenvalue weighted by atomic mass is 19.4. The molecule has 15 heteroatoms. The number of fused-ring (bicyclic) bond motifs is 1. The Bertz CT molecular complexity index is 1540. The lowest BCUT2D eigenvalue weighted by Gasteiger charge is -2.24. The fourth-order valence-electron chi connectivity index (χ4n) is 4.40. The van der Waals surface area contributed by atoms with Gasteiger partial charge in [0.1, 0.15) is 18.0 Å². The minimum atomic E-state index is -5.08. The number of carbonyl (C=O) groups excluding carboxylic acids is 3. The largest absolute Gasteiger partial charge is 0.490 e. The van der Waals surface area contributed by atoms with Gasteiger partial charge in [-0.3, -0.25) is 19.8 Å². The average Bonchev–Trinajstić information content (AvgIpc) is 3.38. The summed E-state index contributed by atoms with van der Waals surface area (Å²) in [7, 11) is 0. The number of ether oxygens (including phenoxy) is 2. The van der Waals surface area contributed by atoms with Crippen molar-refractivity contribution in [1.82, 2.24) is 20.7 Å². The summed E-state index contributed by atoms with van der Waals surface area (Å²) in [6.45, 7) is 7.58. The quantitative estimate of drug-likeness (QED) is 0.229. The van der Waals surface area contributed by atoms with Gasteiger partial charge in [0, 0.05) is 35.3 Å². The van der Waals surface area contributed by atoms with E-state index in [-0.39, 0.29) is 13.1 Å². The fraction of sp³-hybridized carbons (Fsp3) is 0.367. The first-order chi connectivity index (χ1) is 21.0. The number of carboxylic acids is 1. The number of likely N-dealkylation sites (tertiary alicyclic amines) is 1. The van der Waals surface area contributed by atoms with E-state index in [0.717, 1.165) is 22.2 Å². The molecule has 0 aliphatic carbocycles.